The van der Waals surface area contributed by atoms with E-state index in [0.717, 1.165) is 28.9 Å². The van der Waals surface area contributed by atoms with Gasteiger partial charge in [0.25, 0.3) is 5.91 Å². The number of fused-ring (bicyclic) bond motifs is 1. The largest absolute Gasteiger partial charge is 0.398 e. The van der Waals surface area contributed by atoms with Crippen LogP contribution in [0.1, 0.15) is 27.0 Å². The Morgan fingerprint density at radius 2 is 1.95 bits per heavy atom. The van der Waals surface area contributed by atoms with Crippen molar-refractivity contribution in [1.82, 2.24) is 0 Å². The van der Waals surface area contributed by atoms with E-state index in [1.807, 2.05) is 32.0 Å². The molecule has 3 rings (SSSR count). The van der Waals surface area contributed by atoms with Gasteiger partial charge in [-0.3, -0.25) is 4.79 Å². The molecule has 1 heterocycles. The third-order valence-corrected chi connectivity index (χ3v) is 4.43. The Morgan fingerprint density at radius 1 is 1.19 bits per heavy atom. The number of carbonyl (C=O) groups is 1. The van der Waals surface area contributed by atoms with Crippen molar-refractivity contribution in [3.63, 3.8) is 0 Å². The van der Waals surface area contributed by atoms with Gasteiger partial charge in [-0.25, -0.2) is 0 Å². The van der Waals surface area contributed by atoms with E-state index in [1.165, 1.54) is 5.56 Å². The lowest BCUT2D eigenvalue weighted by Crippen LogP contribution is -2.28. The second kappa shape index (κ2) is 5.08. The lowest BCUT2D eigenvalue weighted by Gasteiger charge is -2.18. The molecule has 0 spiro atoms. The molecule has 0 bridgehead atoms. The zero-order valence-electron chi connectivity index (χ0n) is 12.1. The number of carbonyl (C=O) groups excluding carboxylic acids is 1. The standard InChI is InChI=1S/C17H17ClN2O/c1-10-3-4-13(8-14(10)18)17(21)20-6-5-12-7-11(2)15(19)9-16(12)20/h3-4,7-9H,5-6,19H2,1-2H3. The van der Waals surface area contributed by atoms with Gasteiger partial charge in [-0.05, 0) is 55.2 Å². The first-order valence-electron chi connectivity index (χ1n) is 6.94. The fourth-order valence-electron chi connectivity index (χ4n) is 2.67. The quantitative estimate of drug-likeness (QED) is 0.816. The predicted molar refractivity (Wildman–Crippen MR) is 87.2 cm³/mol. The molecule has 0 radical (unpaired) electrons. The van der Waals surface area contributed by atoms with Gasteiger partial charge in [-0.15, -0.1) is 0 Å². The molecule has 2 N–H and O–H groups in total. The van der Waals surface area contributed by atoms with E-state index in [-0.39, 0.29) is 5.91 Å². The maximum Gasteiger partial charge on any atom is 0.258 e. The van der Waals surface area contributed by atoms with Crippen LogP contribution >= 0.6 is 11.6 Å². The Hall–Kier alpha value is -2.00. The molecular weight excluding hydrogens is 284 g/mol. The SMILES string of the molecule is Cc1cc2c(cc1N)N(C(=O)c1ccc(C)c(Cl)c1)CC2. The van der Waals surface area contributed by atoms with Gasteiger partial charge in [0, 0.05) is 28.5 Å². The molecule has 1 amide bonds. The highest BCUT2D eigenvalue weighted by Crippen LogP contribution is 2.33. The van der Waals surface area contributed by atoms with Gasteiger partial charge in [-0.1, -0.05) is 23.7 Å². The van der Waals surface area contributed by atoms with Gasteiger partial charge in [0.15, 0.2) is 0 Å². The number of amides is 1. The molecule has 0 saturated carbocycles. The van der Waals surface area contributed by atoms with Crippen molar-refractivity contribution in [3.05, 3.63) is 57.6 Å². The van der Waals surface area contributed by atoms with E-state index < -0.39 is 0 Å². The molecule has 3 nitrogen and oxygen atoms in total. The van der Waals surface area contributed by atoms with Crippen LogP contribution in [0.5, 0.6) is 0 Å². The van der Waals surface area contributed by atoms with E-state index in [2.05, 4.69) is 6.07 Å². The van der Waals surface area contributed by atoms with Crippen LogP contribution in [-0.2, 0) is 6.42 Å². The van der Waals surface area contributed by atoms with E-state index in [0.29, 0.717) is 17.1 Å². The molecule has 0 aromatic heterocycles. The van der Waals surface area contributed by atoms with Crippen molar-refractivity contribution in [2.75, 3.05) is 17.2 Å². The summed E-state index contributed by atoms with van der Waals surface area (Å²) < 4.78 is 0. The zero-order chi connectivity index (χ0) is 15.1. The first-order chi connectivity index (χ1) is 9.97. The summed E-state index contributed by atoms with van der Waals surface area (Å²) in [7, 11) is 0. The minimum Gasteiger partial charge on any atom is -0.398 e. The Bertz CT molecular complexity index is 740. The maximum atomic E-state index is 12.7. The summed E-state index contributed by atoms with van der Waals surface area (Å²) in [6.45, 7) is 4.59. The molecule has 1 aliphatic rings. The number of hydrogen-bond donors (Lipinski definition) is 1. The summed E-state index contributed by atoms with van der Waals surface area (Å²) in [4.78, 5) is 14.5. The number of nitrogen functional groups attached to an aromatic ring is 1. The number of nitrogens with zero attached hydrogens (tertiary/aromatic N) is 1. The van der Waals surface area contributed by atoms with Crippen LogP contribution in [0.25, 0.3) is 0 Å². The molecule has 2 aromatic carbocycles. The monoisotopic (exact) mass is 300 g/mol. The molecule has 0 atom stereocenters. The third kappa shape index (κ3) is 2.38. The smallest absolute Gasteiger partial charge is 0.258 e. The Balaban J connectivity index is 1.98. The van der Waals surface area contributed by atoms with Gasteiger partial charge in [0.2, 0.25) is 0 Å². The number of halogens is 1. The Kier molecular flexibility index (Phi) is 3.38. The summed E-state index contributed by atoms with van der Waals surface area (Å²) in [6.07, 6.45) is 0.863. The first kappa shape index (κ1) is 14.0. The van der Waals surface area contributed by atoms with Crippen LogP contribution in [0.4, 0.5) is 11.4 Å². The average Bonchev–Trinajstić information content (AvgIpc) is 2.84. The van der Waals surface area contributed by atoms with Crippen LogP contribution in [0.15, 0.2) is 30.3 Å². The lowest BCUT2D eigenvalue weighted by atomic mass is 10.1. The molecule has 0 fully saturated rings. The van der Waals surface area contributed by atoms with E-state index in [4.69, 9.17) is 17.3 Å². The number of aryl methyl sites for hydroxylation is 2. The van der Waals surface area contributed by atoms with Crippen molar-refractivity contribution >= 4 is 28.9 Å². The van der Waals surface area contributed by atoms with E-state index in [1.54, 1.807) is 11.0 Å². The minimum atomic E-state index is -0.0288. The van der Waals surface area contributed by atoms with Crippen LogP contribution in [0.2, 0.25) is 5.02 Å². The zero-order valence-corrected chi connectivity index (χ0v) is 12.9. The Labute approximate surface area is 129 Å². The predicted octanol–water partition coefficient (Wildman–Crippen LogP) is 3.74. The van der Waals surface area contributed by atoms with Gasteiger partial charge in [0.05, 0.1) is 0 Å². The van der Waals surface area contributed by atoms with Gasteiger partial charge < -0.3 is 10.6 Å². The minimum absolute atomic E-state index is 0.0288. The second-order valence-corrected chi connectivity index (χ2v) is 5.92. The first-order valence-corrected chi connectivity index (χ1v) is 7.32. The molecule has 0 aliphatic carbocycles. The highest BCUT2D eigenvalue weighted by Gasteiger charge is 2.26. The molecule has 0 saturated heterocycles. The van der Waals surface area contributed by atoms with Crippen molar-refractivity contribution in [2.24, 2.45) is 0 Å². The van der Waals surface area contributed by atoms with Gasteiger partial charge in [0.1, 0.15) is 0 Å². The second-order valence-electron chi connectivity index (χ2n) is 5.51. The summed E-state index contributed by atoms with van der Waals surface area (Å²) in [5, 5.41) is 0.615. The van der Waals surface area contributed by atoms with Crippen LogP contribution in [-0.4, -0.2) is 12.5 Å². The highest BCUT2D eigenvalue weighted by molar-refractivity contribution is 6.31. The lowest BCUT2D eigenvalue weighted by molar-refractivity contribution is 0.0989. The van der Waals surface area contributed by atoms with Gasteiger partial charge in [-0.2, -0.15) is 0 Å². The summed E-state index contributed by atoms with van der Waals surface area (Å²) in [6, 6.07) is 9.38. The molecule has 4 heteroatoms. The van der Waals surface area contributed by atoms with E-state index >= 15 is 0 Å². The van der Waals surface area contributed by atoms with E-state index in [9.17, 15) is 4.79 Å². The number of nitrogens with two attached hydrogens (primary N) is 1. The summed E-state index contributed by atoms with van der Waals surface area (Å²) >= 11 is 6.12. The van der Waals surface area contributed by atoms with Crippen molar-refractivity contribution in [1.29, 1.82) is 0 Å². The molecule has 21 heavy (non-hydrogen) atoms. The molecule has 108 valence electrons. The topological polar surface area (TPSA) is 46.3 Å². The fraction of sp³-hybridized carbons (Fsp3) is 0.235. The summed E-state index contributed by atoms with van der Waals surface area (Å²) in [5.41, 5.74) is 11.4. The molecular formula is C17H17ClN2O. The highest BCUT2D eigenvalue weighted by atomic mass is 35.5. The van der Waals surface area contributed by atoms with Gasteiger partial charge >= 0.3 is 0 Å². The van der Waals surface area contributed by atoms with Crippen LogP contribution in [0.3, 0.4) is 0 Å². The van der Waals surface area contributed by atoms with Crippen molar-refractivity contribution < 1.29 is 4.79 Å². The number of hydrogen-bond acceptors (Lipinski definition) is 2. The number of anilines is 2. The number of rotatable bonds is 1. The fourth-order valence-corrected chi connectivity index (χ4v) is 2.85. The summed E-state index contributed by atoms with van der Waals surface area (Å²) in [5.74, 6) is -0.0288. The maximum absolute atomic E-state index is 12.7. The van der Waals surface area contributed by atoms with Crippen molar-refractivity contribution in [2.45, 2.75) is 20.3 Å². The molecule has 1 aliphatic heterocycles. The third-order valence-electron chi connectivity index (χ3n) is 4.03. The average molecular weight is 301 g/mol. The normalized spacial score (nSPS) is 13.4. The Morgan fingerprint density at radius 3 is 2.67 bits per heavy atom. The van der Waals surface area contributed by atoms with Crippen LogP contribution in [0, 0.1) is 13.8 Å². The van der Waals surface area contributed by atoms with Crippen LogP contribution < -0.4 is 10.6 Å². The number of benzene rings is 2. The van der Waals surface area contributed by atoms with Crippen molar-refractivity contribution in [3.8, 4) is 0 Å². The molecule has 0 unspecified atom stereocenters. The molecule has 2 aromatic rings.